The van der Waals surface area contributed by atoms with E-state index in [0.29, 0.717) is 5.82 Å². The molecule has 4 nitrogen and oxygen atoms in total. The first-order chi connectivity index (χ1) is 10.2. The van der Waals surface area contributed by atoms with Gasteiger partial charge in [0.25, 0.3) is 0 Å². The van der Waals surface area contributed by atoms with Crippen LogP contribution in [0.3, 0.4) is 0 Å². The molecular weight excluding hydrogens is 267 g/mol. The number of hydrogen-bond donors (Lipinski definition) is 1. The third-order valence-electron chi connectivity index (χ3n) is 3.55. The van der Waals surface area contributed by atoms with Crippen LogP contribution in [0, 0.1) is 5.82 Å². The van der Waals surface area contributed by atoms with E-state index in [0.717, 1.165) is 16.8 Å². The number of nitrogen functional groups attached to an aromatic ring is 1. The zero-order chi connectivity index (χ0) is 14.8. The molecule has 1 atom stereocenters. The van der Waals surface area contributed by atoms with Crippen molar-refractivity contribution in [2.75, 3.05) is 5.73 Å². The maximum atomic E-state index is 13.0. The topological polar surface area (TPSA) is 56.7 Å². The van der Waals surface area contributed by atoms with Gasteiger partial charge in [0.1, 0.15) is 11.6 Å². The average molecular weight is 282 g/mol. The van der Waals surface area contributed by atoms with E-state index in [2.05, 4.69) is 9.97 Å². The van der Waals surface area contributed by atoms with Gasteiger partial charge >= 0.3 is 0 Å². The molecule has 0 bridgehead atoms. The molecule has 0 saturated carbocycles. The van der Waals surface area contributed by atoms with Crippen LogP contribution in [-0.2, 0) is 0 Å². The molecule has 1 aromatic carbocycles. The summed E-state index contributed by atoms with van der Waals surface area (Å²) < 4.78 is 15.0. The fraction of sp³-hybridized carbons (Fsp3) is 0.125. The monoisotopic (exact) mass is 282 g/mol. The van der Waals surface area contributed by atoms with Crippen LogP contribution in [-0.4, -0.2) is 14.5 Å². The standard InChI is InChI=1S/C16H15FN4/c1-11(12-4-6-13(17)7-5-12)21-10-19-9-15(21)14-3-2-8-20-16(14)18/h2-11H,1H3,(H2,18,20). The Balaban J connectivity index is 2.03. The number of imidazole rings is 1. The highest BCUT2D eigenvalue weighted by Gasteiger charge is 2.15. The molecule has 2 aromatic heterocycles. The van der Waals surface area contributed by atoms with Crippen LogP contribution in [0.25, 0.3) is 11.3 Å². The van der Waals surface area contributed by atoms with Crippen molar-refractivity contribution < 1.29 is 4.39 Å². The van der Waals surface area contributed by atoms with Gasteiger partial charge in [-0.3, -0.25) is 0 Å². The molecule has 0 radical (unpaired) electrons. The van der Waals surface area contributed by atoms with E-state index in [1.165, 1.54) is 12.1 Å². The number of benzene rings is 1. The number of rotatable bonds is 3. The van der Waals surface area contributed by atoms with Crippen molar-refractivity contribution in [3.05, 3.63) is 66.5 Å². The van der Waals surface area contributed by atoms with Gasteiger partial charge in [0.2, 0.25) is 0 Å². The first-order valence-corrected chi connectivity index (χ1v) is 6.65. The second-order valence-electron chi connectivity index (χ2n) is 4.85. The fourth-order valence-electron chi connectivity index (χ4n) is 2.36. The van der Waals surface area contributed by atoms with Gasteiger partial charge in [0.05, 0.1) is 24.3 Å². The third-order valence-corrected chi connectivity index (χ3v) is 3.55. The van der Waals surface area contributed by atoms with E-state index in [1.54, 1.807) is 30.9 Å². The molecule has 0 amide bonds. The Bertz CT molecular complexity index is 749. The van der Waals surface area contributed by atoms with Crippen molar-refractivity contribution in [3.8, 4) is 11.3 Å². The van der Waals surface area contributed by atoms with Gasteiger partial charge in [-0.05, 0) is 36.8 Å². The van der Waals surface area contributed by atoms with Gasteiger partial charge in [-0.1, -0.05) is 12.1 Å². The minimum Gasteiger partial charge on any atom is -0.383 e. The van der Waals surface area contributed by atoms with Crippen LogP contribution in [0.2, 0.25) is 0 Å². The summed E-state index contributed by atoms with van der Waals surface area (Å²) in [5.41, 5.74) is 8.66. The van der Waals surface area contributed by atoms with Crippen molar-refractivity contribution in [1.82, 2.24) is 14.5 Å². The normalized spacial score (nSPS) is 12.3. The summed E-state index contributed by atoms with van der Waals surface area (Å²) in [6.45, 7) is 2.03. The lowest BCUT2D eigenvalue weighted by molar-refractivity contribution is 0.617. The molecule has 21 heavy (non-hydrogen) atoms. The van der Waals surface area contributed by atoms with E-state index in [1.807, 2.05) is 23.6 Å². The average Bonchev–Trinajstić information content (AvgIpc) is 2.97. The first kappa shape index (κ1) is 13.3. The molecule has 0 fully saturated rings. The van der Waals surface area contributed by atoms with Crippen LogP contribution in [0.15, 0.2) is 55.1 Å². The summed E-state index contributed by atoms with van der Waals surface area (Å²) in [6, 6.07) is 10.2. The Hall–Kier alpha value is -2.69. The van der Waals surface area contributed by atoms with E-state index in [4.69, 9.17) is 5.73 Å². The lowest BCUT2D eigenvalue weighted by Crippen LogP contribution is -2.08. The Morgan fingerprint density at radius 1 is 1.19 bits per heavy atom. The zero-order valence-electron chi connectivity index (χ0n) is 11.6. The number of nitrogens with two attached hydrogens (primary N) is 1. The first-order valence-electron chi connectivity index (χ1n) is 6.65. The van der Waals surface area contributed by atoms with Crippen LogP contribution in [0.5, 0.6) is 0 Å². The summed E-state index contributed by atoms with van der Waals surface area (Å²) in [4.78, 5) is 8.32. The SMILES string of the molecule is CC(c1ccc(F)cc1)n1cncc1-c1cccnc1N. The van der Waals surface area contributed by atoms with E-state index in [9.17, 15) is 4.39 Å². The van der Waals surface area contributed by atoms with Gasteiger partial charge in [-0.25, -0.2) is 14.4 Å². The molecular formula is C16H15FN4. The predicted octanol–water partition coefficient (Wildman–Crippen LogP) is 3.28. The van der Waals surface area contributed by atoms with Crippen LogP contribution in [0.1, 0.15) is 18.5 Å². The highest BCUT2D eigenvalue weighted by Crippen LogP contribution is 2.28. The van der Waals surface area contributed by atoms with Gasteiger partial charge in [-0.15, -0.1) is 0 Å². The Kier molecular flexibility index (Phi) is 3.39. The molecule has 5 heteroatoms. The van der Waals surface area contributed by atoms with Crippen LogP contribution in [0.4, 0.5) is 10.2 Å². The number of aromatic nitrogens is 3. The van der Waals surface area contributed by atoms with E-state index < -0.39 is 0 Å². The maximum absolute atomic E-state index is 13.0. The van der Waals surface area contributed by atoms with E-state index in [-0.39, 0.29) is 11.9 Å². The number of anilines is 1. The maximum Gasteiger partial charge on any atom is 0.132 e. The third kappa shape index (κ3) is 2.50. The molecule has 2 heterocycles. The van der Waals surface area contributed by atoms with Crippen molar-refractivity contribution in [2.45, 2.75) is 13.0 Å². The molecule has 0 aliphatic rings. The molecule has 0 aliphatic heterocycles. The lowest BCUT2D eigenvalue weighted by atomic mass is 10.1. The highest BCUT2D eigenvalue weighted by atomic mass is 19.1. The Labute approximate surface area is 122 Å². The van der Waals surface area contributed by atoms with Gasteiger partial charge < -0.3 is 10.3 Å². The summed E-state index contributed by atoms with van der Waals surface area (Å²) in [6.07, 6.45) is 5.16. The van der Waals surface area contributed by atoms with Gasteiger partial charge in [0.15, 0.2) is 0 Å². The summed E-state index contributed by atoms with van der Waals surface area (Å²) >= 11 is 0. The molecule has 0 spiro atoms. The van der Waals surface area contributed by atoms with E-state index >= 15 is 0 Å². The number of hydrogen-bond acceptors (Lipinski definition) is 3. The zero-order valence-corrected chi connectivity index (χ0v) is 11.6. The quantitative estimate of drug-likeness (QED) is 0.802. The fourth-order valence-corrected chi connectivity index (χ4v) is 2.36. The second-order valence-corrected chi connectivity index (χ2v) is 4.85. The summed E-state index contributed by atoms with van der Waals surface area (Å²) in [5.74, 6) is 0.221. The van der Waals surface area contributed by atoms with Crippen molar-refractivity contribution in [3.63, 3.8) is 0 Å². The van der Waals surface area contributed by atoms with Gasteiger partial charge in [-0.2, -0.15) is 0 Å². The minimum absolute atomic E-state index is 0.0164. The predicted molar refractivity (Wildman–Crippen MR) is 80.1 cm³/mol. The minimum atomic E-state index is -0.242. The molecule has 106 valence electrons. The number of nitrogens with zero attached hydrogens (tertiary/aromatic N) is 3. The molecule has 3 rings (SSSR count). The van der Waals surface area contributed by atoms with Crippen molar-refractivity contribution in [2.24, 2.45) is 0 Å². The number of halogens is 1. The lowest BCUT2D eigenvalue weighted by Gasteiger charge is -2.17. The molecule has 3 aromatic rings. The van der Waals surface area contributed by atoms with Crippen LogP contribution < -0.4 is 5.73 Å². The number of pyridine rings is 1. The Morgan fingerprint density at radius 3 is 2.67 bits per heavy atom. The largest absolute Gasteiger partial charge is 0.383 e. The molecule has 0 saturated heterocycles. The smallest absolute Gasteiger partial charge is 0.132 e. The van der Waals surface area contributed by atoms with Crippen LogP contribution >= 0.6 is 0 Å². The van der Waals surface area contributed by atoms with Crippen molar-refractivity contribution >= 4 is 5.82 Å². The molecule has 0 aliphatic carbocycles. The second kappa shape index (κ2) is 5.36. The van der Waals surface area contributed by atoms with Gasteiger partial charge in [0, 0.05) is 11.8 Å². The Morgan fingerprint density at radius 2 is 1.95 bits per heavy atom. The van der Waals surface area contributed by atoms with Crippen molar-refractivity contribution in [1.29, 1.82) is 0 Å². The molecule has 1 unspecified atom stereocenters. The molecule has 2 N–H and O–H groups in total. The summed E-state index contributed by atoms with van der Waals surface area (Å²) in [5, 5.41) is 0. The summed E-state index contributed by atoms with van der Waals surface area (Å²) in [7, 11) is 0. The highest BCUT2D eigenvalue weighted by molar-refractivity contribution is 5.70.